The average Bonchev–Trinajstić information content (AvgIpc) is 2.39. The third-order valence-corrected chi connectivity index (χ3v) is 4.15. The molecule has 96 valence electrons. The van der Waals surface area contributed by atoms with Crippen LogP contribution in [0.25, 0.3) is 0 Å². The summed E-state index contributed by atoms with van der Waals surface area (Å²) in [5.74, 6) is 1.66. The summed E-state index contributed by atoms with van der Waals surface area (Å²) in [7, 11) is 0. The topological polar surface area (TPSA) is 35.8 Å². The highest BCUT2D eigenvalue weighted by Crippen LogP contribution is 2.28. The van der Waals surface area contributed by atoms with E-state index in [1.54, 1.807) is 6.07 Å². The summed E-state index contributed by atoms with van der Waals surface area (Å²) in [4.78, 5) is 0. The van der Waals surface area contributed by atoms with Crippen LogP contribution >= 0.6 is 11.6 Å². The van der Waals surface area contributed by atoms with Crippen molar-refractivity contribution in [1.29, 1.82) is 5.26 Å². The number of nitriles is 1. The van der Waals surface area contributed by atoms with Crippen molar-refractivity contribution in [2.75, 3.05) is 11.9 Å². The number of halogens is 1. The molecule has 3 heteroatoms. The van der Waals surface area contributed by atoms with Crippen LogP contribution in [0.15, 0.2) is 18.2 Å². The Morgan fingerprint density at radius 1 is 1.33 bits per heavy atom. The molecule has 1 aromatic rings. The smallest absolute Gasteiger partial charge is 0.101 e. The lowest BCUT2D eigenvalue weighted by atomic mass is 9.83. The van der Waals surface area contributed by atoms with Gasteiger partial charge in [-0.3, -0.25) is 0 Å². The average molecular weight is 263 g/mol. The molecular formula is C15H19ClN2. The van der Waals surface area contributed by atoms with Crippen LogP contribution in [-0.2, 0) is 0 Å². The Balaban J connectivity index is 1.89. The third-order valence-electron chi connectivity index (χ3n) is 3.82. The summed E-state index contributed by atoms with van der Waals surface area (Å²) in [6.07, 6.45) is 5.31. The second-order valence-corrected chi connectivity index (χ2v) is 5.72. The fourth-order valence-electron chi connectivity index (χ4n) is 2.52. The van der Waals surface area contributed by atoms with Gasteiger partial charge in [0.25, 0.3) is 0 Å². The SMILES string of the molecule is CC1CCC(CNc2ccc(Cl)c(C#N)c2)CC1. The lowest BCUT2D eigenvalue weighted by molar-refractivity contribution is 0.300. The fourth-order valence-corrected chi connectivity index (χ4v) is 2.68. The summed E-state index contributed by atoms with van der Waals surface area (Å²) in [5, 5.41) is 12.9. The second-order valence-electron chi connectivity index (χ2n) is 5.31. The molecule has 1 aliphatic carbocycles. The van der Waals surface area contributed by atoms with Crippen LogP contribution < -0.4 is 5.32 Å². The van der Waals surface area contributed by atoms with Gasteiger partial charge in [0.05, 0.1) is 10.6 Å². The maximum absolute atomic E-state index is 8.93. The first-order chi connectivity index (χ1) is 8.69. The number of anilines is 1. The van der Waals surface area contributed by atoms with Crippen molar-refractivity contribution >= 4 is 17.3 Å². The number of nitrogens with one attached hydrogen (secondary N) is 1. The van der Waals surface area contributed by atoms with Crippen molar-refractivity contribution in [3.63, 3.8) is 0 Å². The number of benzene rings is 1. The molecule has 0 heterocycles. The molecule has 0 atom stereocenters. The molecule has 1 N–H and O–H groups in total. The zero-order valence-electron chi connectivity index (χ0n) is 10.7. The van der Waals surface area contributed by atoms with E-state index in [9.17, 15) is 0 Å². The maximum Gasteiger partial charge on any atom is 0.101 e. The Morgan fingerprint density at radius 2 is 2.06 bits per heavy atom. The van der Waals surface area contributed by atoms with Gasteiger partial charge in [0.2, 0.25) is 0 Å². The minimum absolute atomic E-state index is 0.523. The highest BCUT2D eigenvalue weighted by Gasteiger charge is 2.17. The van der Waals surface area contributed by atoms with E-state index in [0.29, 0.717) is 10.6 Å². The van der Waals surface area contributed by atoms with Crippen molar-refractivity contribution in [3.8, 4) is 6.07 Å². The van der Waals surface area contributed by atoms with Gasteiger partial charge in [-0.1, -0.05) is 31.4 Å². The zero-order chi connectivity index (χ0) is 13.0. The van der Waals surface area contributed by atoms with Gasteiger partial charge in [-0.05, 0) is 42.9 Å². The van der Waals surface area contributed by atoms with Crippen LogP contribution in [0.3, 0.4) is 0 Å². The minimum Gasteiger partial charge on any atom is -0.385 e. The summed E-state index contributed by atoms with van der Waals surface area (Å²) < 4.78 is 0. The molecule has 18 heavy (non-hydrogen) atoms. The molecule has 0 spiro atoms. The van der Waals surface area contributed by atoms with Gasteiger partial charge in [0.15, 0.2) is 0 Å². The Kier molecular flexibility index (Phi) is 4.49. The molecule has 1 aromatic carbocycles. The van der Waals surface area contributed by atoms with Gasteiger partial charge >= 0.3 is 0 Å². The molecule has 0 saturated heterocycles. The predicted octanol–water partition coefficient (Wildman–Crippen LogP) is 4.45. The lowest BCUT2D eigenvalue weighted by Crippen LogP contribution is -2.20. The van der Waals surface area contributed by atoms with Crippen molar-refractivity contribution < 1.29 is 0 Å². The zero-order valence-corrected chi connectivity index (χ0v) is 11.5. The molecule has 0 amide bonds. The maximum atomic E-state index is 8.93. The van der Waals surface area contributed by atoms with E-state index in [2.05, 4.69) is 18.3 Å². The van der Waals surface area contributed by atoms with E-state index in [4.69, 9.17) is 16.9 Å². The molecular weight excluding hydrogens is 244 g/mol. The van der Waals surface area contributed by atoms with Crippen LogP contribution in [-0.4, -0.2) is 6.54 Å². The molecule has 0 bridgehead atoms. The van der Waals surface area contributed by atoms with Crippen LogP contribution in [0.1, 0.15) is 38.2 Å². The van der Waals surface area contributed by atoms with E-state index in [-0.39, 0.29) is 0 Å². The molecule has 0 radical (unpaired) electrons. The normalized spacial score (nSPS) is 23.4. The number of rotatable bonds is 3. The van der Waals surface area contributed by atoms with E-state index < -0.39 is 0 Å². The van der Waals surface area contributed by atoms with Gasteiger partial charge in [-0.25, -0.2) is 0 Å². The van der Waals surface area contributed by atoms with Gasteiger partial charge < -0.3 is 5.32 Å². The predicted molar refractivity (Wildman–Crippen MR) is 75.8 cm³/mol. The molecule has 1 fully saturated rings. The summed E-state index contributed by atoms with van der Waals surface area (Å²) in [5.41, 5.74) is 1.54. The van der Waals surface area contributed by atoms with Crippen molar-refractivity contribution in [2.24, 2.45) is 11.8 Å². The van der Waals surface area contributed by atoms with Crippen LogP contribution in [0.5, 0.6) is 0 Å². The van der Waals surface area contributed by atoms with Crippen LogP contribution in [0.4, 0.5) is 5.69 Å². The minimum atomic E-state index is 0.523. The van der Waals surface area contributed by atoms with Crippen LogP contribution in [0, 0.1) is 23.2 Å². The van der Waals surface area contributed by atoms with Gasteiger partial charge in [-0.15, -0.1) is 0 Å². The van der Waals surface area contributed by atoms with Gasteiger partial charge in [0, 0.05) is 12.2 Å². The summed E-state index contributed by atoms with van der Waals surface area (Å²) in [6.45, 7) is 3.33. The quantitative estimate of drug-likeness (QED) is 0.874. The van der Waals surface area contributed by atoms with Crippen molar-refractivity contribution in [3.05, 3.63) is 28.8 Å². The number of hydrogen-bond acceptors (Lipinski definition) is 2. The molecule has 0 aliphatic heterocycles. The summed E-state index contributed by atoms with van der Waals surface area (Å²) >= 11 is 5.91. The molecule has 2 rings (SSSR count). The first kappa shape index (κ1) is 13.2. The van der Waals surface area contributed by atoms with E-state index in [1.807, 2.05) is 12.1 Å². The number of nitrogens with zero attached hydrogens (tertiary/aromatic N) is 1. The Morgan fingerprint density at radius 3 is 2.72 bits per heavy atom. The molecule has 0 unspecified atom stereocenters. The summed E-state index contributed by atoms with van der Waals surface area (Å²) in [6, 6.07) is 7.66. The molecule has 2 nitrogen and oxygen atoms in total. The highest BCUT2D eigenvalue weighted by molar-refractivity contribution is 6.31. The lowest BCUT2D eigenvalue weighted by Gasteiger charge is -2.26. The second kappa shape index (κ2) is 6.11. The van der Waals surface area contributed by atoms with E-state index in [1.165, 1.54) is 25.7 Å². The van der Waals surface area contributed by atoms with Gasteiger partial charge in [-0.2, -0.15) is 5.26 Å². The standard InChI is InChI=1S/C15H19ClN2/c1-11-2-4-12(5-3-11)10-18-14-6-7-15(16)13(8-14)9-17/h6-8,11-12,18H,2-5,10H2,1H3. The Bertz CT molecular complexity index is 442. The highest BCUT2D eigenvalue weighted by atomic mass is 35.5. The first-order valence-electron chi connectivity index (χ1n) is 6.62. The van der Waals surface area contributed by atoms with E-state index in [0.717, 1.165) is 24.1 Å². The van der Waals surface area contributed by atoms with Crippen LogP contribution in [0.2, 0.25) is 5.02 Å². The molecule has 0 aromatic heterocycles. The van der Waals surface area contributed by atoms with E-state index >= 15 is 0 Å². The van der Waals surface area contributed by atoms with Gasteiger partial charge in [0.1, 0.15) is 6.07 Å². The van der Waals surface area contributed by atoms with Crippen molar-refractivity contribution in [1.82, 2.24) is 0 Å². The fraction of sp³-hybridized carbons (Fsp3) is 0.533. The first-order valence-corrected chi connectivity index (χ1v) is 7.00. The monoisotopic (exact) mass is 262 g/mol. The molecule has 1 saturated carbocycles. The van der Waals surface area contributed by atoms with Crippen molar-refractivity contribution in [2.45, 2.75) is 32.6 Å². The Hall–Kier alpha value is -1.20. The largest absolute Gasteiger partial charge is 0.385 e. The Labute approximate surface area is 114 Å². The number of hydrogen-bond donors (Lipinski definition) is 1. The third kappa shape index (κ3) is 3.40. The molecule has 1 aliphatic rings.